The fourth-order valence-electron chi connectivity index (χ4n) is 6.31. The maximum Gasteiger partial charge on any atom is 0.0316 e. The number of rotatable bonds is 8. The summed E-state index contributed by atoms with van der Waals surface area (Å²) >= 11 is 0. The first-order valence-electron chi connectivity index (χ1n) is 18.3. The summed E-state index contributed by atoms with van der Waals surface area (Å²) < 4.78 is 0. The van der Waals surface area contributed by atoms with Crippen LogP contribution in [-0.2, 0) is 0 Å². The average Bonchev–Trinajstić information content (AvgIpc) is 3.75. The van der Waals surface area contributed by atoms with Gasteiger partial charge in [-0.3, -0.25) is 0 Å². The summed E-state index contributed by atoms with van der Waals surface area (Å²) in [4.78, 5) is 2.50. The van der Waals surface area contributed by atoms with Crippen molar-refractivity contribution in [3.63, 3.8) is 0 Å². The molecule has 0 aromatic rings. The molecular formula is C41H80N4. The van der Waals surface area contributed by atoms with Gasteiger partial charge in [0.15, 0.2) is 0 Å². The molecule has 4 aliphatic rings. The normalized spacial score (nSPS) is 20.8. The second kappa shape index (κ2) is 21.1. The summed E-state index contributed by atoms with van der Waals surface area (Å²) in [5, 5.41) is 10.5. The summed E-state index contributed by atoms with van der Waals surface area (Å²) in [5.41, 5.74) is 7.55. The van der Waals surface area contributed by atoms with Gasteiger partial charge in [0.25, 0.3) is 0 Å². The lowest BCUT2D eigenvalue weighted by Crippen LogP contribution is -2.29. The van der Waals surface area contributed by atoms with Crippen LogP contribution in [0.15, 0.2) is 46.6 Å². The molecule has 264 valence electrons. The van der Waals surface area contributed by atoms with E-state index in [9.17, 15) is 0 Å². The lowest BCUT2D eigenvalue weighted by atomic mass is 9.96. The van der Waals surface area contributed by atoms with Gasteiger partial charge in [-0.15, -0.1) is 0 Å². The Labute approximate surface area is 283 Å². The van der Waals surface area contributed by atoms with Gasteiger partial charge in [0.2, 0.25) is 0 Å². The Morgan fingerprint density at radius 3 is 1.58 bits per heavy atom. The van der Waals surface area contributed by atoms with Gasteiger partial charge in [-0.1, -0.05) is 123 Å². The van der Waals surface area contributed by atoms with Crippen LogP contribution in [0, 0.1) is 47.3 Å². The van der Waals surface area contributed by atoms with Crippen molar-refractivity contribution in [1.82, 2.24) is 20.9 Å². The van der Waals surface area contributed by atoms with E-state index in [1.54, 1.807) is 11.3 Å². The molecule has 2 unspecified atom stereocenters. The molecule has 4 nitrogen and oxygen atoms in total. The molecule has 0 aliphatic carbocycles. The highest BCUT2D eigenvalue weighted by Crippen LogP contribution is 2.27. The SMILES string of the molecule is C.CC(C)C1=C(C(C)C)NCC1.CC(C)C1=CC(C(C)C)CN1.CC(C)C1=CCC(C(C)C)N1.CC(C)C1=CCCN1C(C)C. The molecule has 0 radical (unpaired) electrons. The third-order valence-corrected chi connectivity index (χ3v) is 9.38. The van der Waals surface area contributed by atoms with Gasteiger partial charge in [-0.2, -0.15) is 0 Å². The molecular weight excluding hydrogens is 548 g/mol. The number of allylic oxidation sites excluding steroid dienone is 4. The number of hydrogen-bond acceptors (Lipinski definition) is 4. The van der Waals surface area contributed by atoms with E-state index < -0.39 is 0 Å². The highest BCUT2D eigenvalue weighted by molar-refractivity contribution is 5.21. The Kier molecular flexibility index (Phi) is 20.3. The number of nitrogens with zero attached hydrogens (tertiary/aromatic N) is 1. The Hall–Kier alpha value is -1.84. The topological polar surface area (TPSA) is 39.3 Å². The maximum atomic E-state index is 3.55. The second-order valence-electron chi connectivity index (χ2n) is 15.9. The largest absolute Gasteiger partial charge is 0.388 e. The minimum atomic E-state index is 0. The van der Waals surface area contributed by atoms with Gasteiger partial charge in [-0.05, 0) is 86.0 Å². The van der Waals surface area contributed by atoms with E-state index in [0.29, 0.717) is 35.8 Å². The molecule has 0 saturated carbocycles. The molecule has 3 N–H and O–H groups in total. The average molecular weight is 629 g/mol. The van der Waals surface area contributed by atoms with Crippen molar-refractivity contribution in [2.45, 2.75) is 150 Å². The molecule has 0 aromatic carbocycles. The third-order valence-electron chi connectivity index (χ3n) is 9.38. The van der Waals surface area contributed by atoms with Gasteiger partial charge >= 0.3 is 0 Å². The van der Waals surface area contributed by atoms with E-state index in [-0.39, 0.29) is 7.43 Å². The first-order chi connectivity index (χ1) is 20.5. The van der Waals surface area contributed by atoms with Crippen molar-refractivity contribution < 1.29 is 0 Å². The predicted molar refractivity (Wildman–Crippen MR) is 204 cm³/mol. The van der Waals surface area contributed by atoms with Crippen LogP contribution in [0.3, 0.4) is 0 Å². The number of nitrogens with one attached hydrogen (secondary N) is 3. The predicted octanol–water partition coefficient (Wildman–Crippen LogP) is 10.8. The van der Waals surface area contributed by atoms with Crippen molar-refractivity contribution >= 4 is 0 Å². The van der Waals surface area contributed by atoms with Crippen molar-refractivity contribution in [1.29, 1.82) is 0 Å². The monoisotopic (exact) mass is 629 g/mol. The van der Waals surface area contributed by atoms with E-state index in [4.69, 9.17) is 0 Å². The fraction of sp³-hybridized carbons (Fsp3) is 0.805. The van der Waals surface area contributed by atoms with E-state index in [1.807, 2.05) is 0 Å². The Morgan fingerprint density at radius 1 is 0.667 bits per heavy atom. The van der Waals surface area contributed by atoms with Gasteiger partial charge in [0.1, 0.15) is 0 Å². The Bertz CT molecular complexity index is 925. The molecule has 2 atom stereocenters. The minimum Gasteiger partial charge on any atom is -0.388 e. The highest BCUT2D eigenvalue weighted by Gasteiger charge is 2.21. The van der Waals surface area contributed by atoms with Crippen molar-refractivity contribution in [3.05, 3.63) is 46.6 Å². The first-order valence-corrected chi connectivity index (χ1v) is 18.3. The molecule has 4 aliphatic heterocycles. The number of hydrogen-bond donors (Lipinski definition) is 3. The van der Waals surface area contributed by atoms with E-state index in [0.717, 1.165) is 36.8 Å². The summed E-state index contributed by atoms with van der Waals surface area (Å²) in [6, 6.07) is 1.36. The van der Waals surface area contributed by atoms with Crippen molar-refractivity contribution in [2.75, 3.05) is 19.6 Å². The standard InChI is InChI=1S/4C10H19N.CH4/c1-7(2)9-5-10(8(3)4)11-6-9;1-8(2)10-6-5-7-11(10)9(3)4;1-7(2)9-5-6-11-10(9)8(3)4;1-7(2)9-5-6-10(11-9)8(3)4;/h5,7-9,11H,6H2,1-4H3;6,8-9H,5,7H2,1-4H3;7-8,11H,5-6H2,1-4H3;5,7-8,10-11H,6H2,1-4H3;1H4. The summed E-state index contributed by atoms with van der Waals surface area (Å²) in [5.74, 6) is 5.71. The van der Waals surface area contributed by atoms with Crippen LogP contribution in [0.1, 0.15) is 137 Å². The van der Waals surface area contributed by atoms with Crippen LogP contribution in [-0.4, -0.2) is 36.6 Å². The van der Waals surface area contributed by atoms with Crippen LogP contribution < -0.4 is 16.0 Å². The lowest BCUT2D eigenvalue weighted by Gasteiger charge is -2.28. The van der Waals surface area contributed by atoms with Crippen molar-refractivity contribution in [2.24, 2.45) is 47.3 Å². The van der Waals surface area contributed by atoms with E-state index in [1.165, 1.54) is 42.9 Å². The molecule has 4 heterocycles. The molecule has 0 spiro atoms. The van der Waals surface area contributed by atoms with Crippen LogP contribution in [0.4, 0.5) is 0 Å². The van der Waals surface area contributed by atoms with Crippen LogP contribution >= 0.6 is 0 Å². The van der Waals surface area contributed by atoms with E-state index >= 15 is 0 Å². The molecule has 0 bridgehead atoms. The summed E-state index contributed by atoms with van der Waals surface area (Å²) in [6.07, 6.45) is 10.8. The lowest BCUT2D eigenvalue weighted by molar-refractivity contribution is 0.285. The molecule has 45 heavy (non-hydrogen) atoms. The molecule has 0 fully saturated rings. The zero-order chi connectivity index (χ0) is 33.7. The van der Waals surface area contributed by atoms with Crippen molar-refractivity contribution in [3.8, 4) is 0 Å². The zero-order valence-corrected chi connectivity index (χ0v) is 32.2. The van der Waals surface area contributed by atoms with Crippen LogP contribution in [0.2, 0.25) is 0 Å². The quantitative estimate of drug-likeness (QED) is 0.250. The van der Waals surface area contributed by atoms with Gasteiger partial charge in [0.05, 0.1) is 0 Å². The molecule has 4 heteroatoms. The minimum absolute atomic E-state index is 0. The maximum absolute atomic E-state index is 3.55. The molecule has 0 aromatic heterocycles. The molecule has 0 amide bonds. The first kappa shape index (κ1) is 43.2. The van der Waals surface area contributed by atoms with Gasteiger partial charge in [-0.25, -0.2) is 0 Å². The van der Waals surface area contributed by atoms with E-state index in [2.05, 4.69) is 150 Å². The molecule has 0 saturated heterocycles. The van der Waals surface area contributed by atoms with Gasteiger partial charge < -0.3 is 20.9 Å². The summed E-state index contributed by atoms with van der Waals surface area (Å²) in [7, 11) is 0. The van der Waals surface area contributed by atoms with Crippen LogP contribution in [0.5, 0.6) is 0 Å². The second-order valence-corrected chi connectivity index (χ2v) is 15.9. The zero-order valence-electron chi connectivity index (χ0n) is 32.2. The Balaban J connectivity index is 0.000000569. The Morgan fingerprint density at radius 2 is 1.27 bits per heavy atom. The fourth-order valence-corrected chi connectivity index (χ4v) is 6.31. The molecule has 4 rings (SSSR count). The highest BCUT2D eigenvalue weighted by atomic mass is 15.2. The van der Waals surface area contributed by atoms with Gasteiger partial charge in [0, 0.05) is 54.5 Å². The summed E-state index contributed by atoms with van der Waals surface area (Å²) in [6.45, 7) is 39.7. The smallest absolute Gasteiger partial charge is 0.0316 e. The third kappa shape index (κ3) is 14.6. The van der Waals surface area contributed by atoms with Crippen LogP contribution in [0.25, 0.3) is 0 Å².